The Kier molecular flexibility index (Phi) is 29.3. The van der Waals surface area contributed by atoms with Gasteiger partial charge in [0.15, 0.2) is 11.5 Å². The highest BCUT2D eigenvalue weighted by Gasteiger charge is 2.76. The summed E-state index contributed by atoms with van der Waals surface area (Å²) in [6.07, 6.45) is 6.29. The number of rotatable bonds is 44. The Morgan fingerprint density at radius 1 is 0.703 bits per heavy atom. The van der Waals surface area contributed by atoms with E-state index in [-0.39, 0.29) is 156 Å². The Morgan fingerprint density at radius 3 is 1.68 bits per heavy atom. The number of anilines is 3. The van der Waals surface area contributed by atoms with Gasteiger partial charge in [0.05, 0.1) is 119 Å². The van der Waals surface area contributed by atoms with Crippen LogP contribution in [0.2, 0.25) is 0 Å². The zero-order valence-corrected chi connectivity index (χ0v) is 65.8. The van der Waals surface area contributed by atoms with Gasteiger partial charge in [0, 0.05) is 129 Å². The first kappa shape index (κ1) is 84.9. The third-order valence-electron chi connectivity index (χ3n) is 20.4. The van der Waals surface area contributed by atoms with Gasteiger partial charge in [0.25, 0.3) is 17.0 Å². The highest BCUT2D eigenvalue weighted by Crippen LogP contribution is 2.75. The number of aromatic amines is 2. The number of nitrogens with two attached hydrogens (primary N) is 1. The summed E-state index contributed by atoms with van der Waals surface area (Å²) in [6, 6.07) is 7.13. The molecule has 11 N–H and O–H groups in total. The predicted octanol–water partition coefficient (Wildman–Crippen LogP) is 6.19. The smallest absolute Gasteiger partial charge is 0.465 e. The molecule has 6 aliphatic rings. The molecule has 2 aromatic heterocycles. The second-order valence-corrected chi connectivity index (χ2v) is 30.8. The third-order valence-corrected chi connectivity index (χ3v) is 22.0. The Balaban J connectivity index is 0.647. The van der Waals surface area contributed by atoms with E-state index in [0.717, 1.165) is 38.1 Å². The maximum atomic E-state index is 15.0. The van der Waals surface area contributed by atoms with E-state index in [9.17, 15) is 57.8 Å². The fraction of sp³-hybridized carbons (Fsp3) is 0.541. The molecule has 0 unspecified atom stereocenters. The third kappa shape index (κ3) is 20.9. The fourth-order valence-corrected chi connectivity index (χ4v) is 15.9. The van der Waals surface area contributed by atoms with Crippen LogP contribution in [-0.2, 0) is 73.0 Å². The van der Waals surface area contributed by atoms with E-state index in [2.05, 4.69) is 31.2 Å². The number of nitrogens with one attached hydrogen (secondary N) is 6. The SMILES string of the molecule is Cc1c[nH]c2c(OC(=S)N(C)CCN(CCc3ccc(NC(=O)[C@H](CCCNC(N)=O)NC(=O)[C@@H](NC(=O)CCOCCOCCOCCOCCOCCOCCN4C(=O)C=CC4=O)C(C)C)cc3)C(=O)O)cc3c(c12)[C@H](CCl)CN3C(=O)C12CC(C(=O)N3C[C@@H](CCl)c4c3cc(OP(=O)(O)O)c3[nH]cc(C)c43)(C1)C2. The summed E-state index contributed by atoms with van der Waals surface area (Å²) in [5, 5.41) is 22.7. The summed E-state index contributed by atoms with van der Waals surface area (Å²) in [5.74, 6) is -2.96. The first-order valence-corrected chi connectivity index (χ1v) is 39.8. The number of thiocarbonyl (C=S) groups is 1. The molecule has 5 aromatic rings. The number of carbonyl (C=O) groups is 9. The molecule has 33 nitrogen and oxygen atoms in total. The Morgan fingerprint density at radius 2 is 1.20 bits per heavy atom. The summed E-state index contributed by atoms with van der Waals surface area (Å²) in [4.78, 5) is 151. The minimum atomic E-state index is -5.00. The average molecular weight is 1620 g/mol. The molecule has 10 amide bonds. The predicted molar refractivity (Wildman–Crippen MR) is 414 cm³/mol. The minimum absolute atomic E-state index is 0.0278. The van der Waals surface area contributed by atoms with Crippen molar-refractivity contribution in [2.45, 2.75) is 96.6 Å². The number of primary amides is 1. The molecule has 111 heavy (non-hydrogen) atoms. The van der Waals surface area contributed by atoms with E-state index in [4.69, 9.17) is 78.8 Å². The molecular weight excluding hydrogens is 1530 g/mol. The van der Waals surface area contributed by atoms with Crippen LogP contribution in [-0.4, -0.2) is 254 Å². The van der Waals surface area contributed by atoms with Gasteiger partial charge in [-0.2, -0.15) is 0 Å². The molecule has 3 aliphatic carbocycles. The van der Waals surface area contributed by atoms with Crippen molar-refractivity contribution < 1.29 is 100 Å². The number of fused-ring (bicyclic) bond motifs is 6. The normalized spacial score (nSPS) is 18.7. The van der Waals surface area contributed by atoms with Crippen LogP contribution in [0.1, 0.15) is 92.0 Å². The van der Waals surface area contributed by atoms with E-state index in [1.807, 2.05) is 20.0 Å². The van der Waals surface area contributed by atoms with Crippen LogP contribution < -0.4 is 46.1 Å². The molecule has 11 rings (SSSR count). The number of hydrogen-bond donors (Lipinski definition) is 10. The number of aryl methyl sites for hydroxylation is 2. The summed E-state index contributed by atoms with van der Waals surface area (Å²) in [5.41, 5.74) is 10.1. The number of phosphoric acid groups is 1. The summed E-state index contributed by atoms with van der Waals surface area (Å²) in [7, 11) is -3.32. The first-order valence-electron chi connectivity index (χ1n) is 36.8. The molecule has 0 saturated heterocycles. The van der Waals surface area contributed by atoms with Gasteiger partial charge in [-0.1, -0.05) is 26.0 Å². The number of imide groups is 1. The van der Waals surface area contributed by atoms with Gasteiger partial charge in [-0.05, 0) is 110 Å². The monoisotopic (exact) mass is 1620 g/mol. The van der Waals surface area contributed by atoms with Crippen molar-refractivity contribution in [3.05, 3.63) is 88.8 Å². The largest absolute Gasteiger partial charge is 0.524 e. The quantitative estimate of drug-likeness (QED) is 0.00683. The number of hydrogen-bond acceptors (Lipinski definition) is 19. The highest BCUT2D eigenvalue weighted by molar-refractivity contribution is 7.80. The molecule has 2 bridgehead atoms. The van der Waals surface area contributed by atoms with Gasteiger partial charge < -0.3 is 99.4 Å². The Hall–Kier alpha value is -8.51. The number of urea groups is 1. The Labute approximate surface area is 656 Å². The van der Waals surface area contributed by atoms with Gasteiger partial charge in [0.2, 0.25) is 29.5 Å². The van der Waals surface area contributed by atoms with Gasteiger partial charge in [-0.15, -0.1) is 23.2 Å². The van der Waals surface area contributed by atoms with Crippen LogP contribution in [0.15, 0.2) is 60.9 Å². The van der Waals surface area contributed by atoms with E-state index in [1.165, 1.54) is 23.1 Å². The molecule has 3 aromatic carbocycles. The summed E-state index contributed by atoms with van der Waals surface area (Å²) in [6.45, 7) is 11.8. The molecule has 4 atom stereocenters. The Bertz CT molecular complexity index is 4290. The number of carbonyl (C=O) groups excluding carboxylic acids is 8. The maximum Gasteiger partial charge on any atom is 0.524 e. The second kappa shape index (κ2) is 38.3. The van der Waals surface area contributed by atoms with Gasteiger partial charge >= 0.3 is 19.9 Å². The number of aromatic nitrogens is 2. The number of nitrogens with zero attached hydrogens (tertiary/aromatic N) is 5. The lowest BCUT2D eigenvalue weighted by Crippen LogP contribution is -2.73. The average Bonchev–Trinajstić information content (AvgIpc) is 1.56. The number of ether oxygens (including phenoxy) is 7. The van der Waals surface area contributed by atoms with Gasteiger partial charge in [-0.3, -0.25) is 48.2 Å². The summed E-state index contributed by atoms with van der Waals surface area (Å²) < 4.78 is 56.7. The van der Waals surface area contributed by atoms with Crippen LogP contribution >= 0.6 is 43.2 Å². The zero-order chi connectivity index (χ0) is 79.9. The minimum Gasteiger partial charge on any atom is -0.465 e. The van der Waals surface area contributed by atoms with Gasteiger partial charge in [0.1, 0.15) is 12.1 Å². The number of halogens is 2. The molecule has 3 fully saturated rings. The number of likely N-dealkylation sites (N-methyl/N-ethyl adjacent to an activating group) is 1. The van der Waals surface area contributed by atoms with Crippen LogP contribution in [0.3, 0.4) is 0 Å². The lowest BCUT2D eigenvalue weighted by Gasteiger charge is -2.69. The number of carboxylic acid groups (broad SMARTS) is 1. The van der Waals surface area contributed by atoms with Crippen molar-refractivity contribution in [1.29, 1.82) is 0 Å². The lowest BCUT2D eigenvalue weighted by molar-refractivity contribution is -0.205. The number of phosphoric ester groups is 1. The van der Waals surface area contributed by atoms with Crippen molar-refractivity contribution in [3.8, 4) is 11.5 Å². The molecule has 3 saturated carbocycles. The number of H-pyrrole nitrogens is 2. The van der Waals surface area contributed by atoms with Crippen molar-refractivity contribution in [3.63, 3.8) is 0 Å². The van der Waals surface area contributed by atoms with Crippen molar-refractivity contribution in [2.75, 3.05) is 159 Å². The van der Waals surface area contributed by atoms with Crippen LogP contribution in [0.5, 0.6) is 11.5 Å². The molecule has 604 valence electrons. The molecule has 37 heteroatoms. The van der Waals surface area contributed by atoms with Crippen LogP contribution in [0, 0.1) is 30.6 Å². The van der Waals surface area contributed by atoms with E-state index in [0.29, 0.717) is 118 Å². The maximum absolute atomic E-state index is 15.0. The molecule has 3 aliphatic heterocycles. The van der Waals surface area contributed by atoms with E-state index in [1.54, 1.807) is 72.1 Å². The standard InChI is InChI=1S/C74H97Cl2N12O21PS/c1-44(2)63(83-56(89)15-21-102-23-25-104-27-29-106-31-32-107-30-28-105-26-24-103-22-20-86-57(90)12-13-58(86)91)67(93)82-51(7-6-16-78-70(77)96)66(92)81-50-10-8-47(9-11-50)14-17-85(71(97)98)19-18-84(5)72(111)108-54-33-52-61(59-45(3)37-79-64(54)59)48(35-75)39-87(52)68(94)73-41-74(42-73,43-73)69(95)88-40-49(36-76)62-53(88)34-55(109-110(99,100)101)65-60(62)46(4)38-80-65/h8-13,33-34,37-38,44,48-49,51,63,79-80H,6-7,14-32,35-36,39-43H2,1-5H3,(H,81,92)(H,82,93)(H,83,89)(H,97,98)(H3,77,78,96)(H2,99,100,101)/t48-,49-,51+,63+,73?,74?/m1/s1. The molecule has 5 heterocycles. The summed E-state index contributed by atoms with van der Waals surface area (Å²) >= 11 is 19.1. The second-order valence-electron chi connectivity index (χ2n) is 28.6. The van der Waals surface area contributed by atoms with Crippen molar-refractivity contribution in [1.82, 2.24) is 40.6 Å². The van der Waals surface area contributed by atoms with E-state index >= 15 is 4.79 Å². The first-order chi connectivity index (χ1) is 53.1. The molecular formula is C74H97Cl2N12O21PS. The molecule has 0 radical (unpaired) electrons. The fourth-order valence-electron chi connectivity index (χ4n) is 14.8. The van der Waals surface area contributed by atoms with Crippen molar-refractivity contribution in [2.24, 2.45) is 22.5 Å². The number of alkyl halides is 2. The lowest BCUT2D eigenvalue weighted by atomic mass is 9.34. The van der Waals surface area contributed by atoms with Crippen LogP contribution in [0.4, 0.5) is 26.7 Å². The van der Waals surface area contributed by atoms with E-state index < -0.39 is 60.6 Å². The number of amides is 10. The van der Waals surface area contributed by atoms with Crippen LogP contribution in [0.25, 0.3) is 21.8 Å². The van der Waals surface area contributed by atoms with Gasteiger partial charge in [-0.25, -0.2) is 14.2 Å². The number of benzene rings is 3. The topological polar surface area (TPSA) is 427 Å². The molecule has 0 spiro atoms. The zero-order valence-electron chi connectivity index (χ0n) is 62.6. The van der Waals surface area contributed by atoms with Crippen molar-refractivity contribution >= 4 is 141 Å². The highest BCUT2D eigenvalue weighted by atomic mass is 35.5.